The molecule has 9 heteroatoms. The van der Waals surface area contributed by atoms with Crippen LogP contribution in [-0.4, -0.2) is 35.2 Å². The number of nitrogens with zero attached hydrogens (tertiary/aromatic N) is 1. The lowest BCUT2D eigenvalue weighted by molar-refractivity contribution is -0.138. The molecule has 0 aliphatic carbocycles. The number of thioether (sulfide) groups is 1. The Balaban J connectivity index is 2.48. The van der Waals surface area contributed by atoms with Gasteiger partial charge >= 0.3 is 5.97 Å². The van der Waals surface area contributed by atoms with Gasteiger partial charge in [0, 0.05) is 6.42 Å². The largest absolute Gasteiger partial charge is 0.506 e. The molecule has 0 spiro atoms. The first-order valence-electron chi connectivity index (χ1n) is 9.06. The van der Waals surface area contributed by atoms with Crippen molar-refractivity contribution in [1.82, 2.24) is 0 Å². The Labute approximate surface area is 183 Å². The molecule has 156 valence electrons. The van der Waals surface area contributed by atoms with Gasteiger partial charge in [0.25, 0.3) is 0 Å². The highest BCUT2D eigenvalue weighted by molar-refractivity contribution is 8.18. The molecule has 0 unspecified atom stereocenters. The van der Waals surface area contributed by atoms with Crippen LogP contribution in [0, 0.1) is 0 Å². The van der Waals surface area contributed by atoms with E-state index in [4.69, 9.17) is 32.7 Å². The summed E-state index contributed by atoms with van der Waals surface area (Å²) in [6, 6.07) is 3.25. The zero-order chi connectivity index (χ0) is 21.6. The molecule has 29 heavy (non-hydrogen) atoms. The molecule has 1 aromatic carbocycles. The second-order valence-corrected chi connectivity index (χ2v) is 7.71. The Morgan fingerprint density at radius 2 is 1.83 bits per heavy atom. The summed E-state index contributed by atoms with van der Waals surface area (Å²) in [4.78, 5) is 28.6. The number of aliphatic hydroxyl groups is 1. The van der Waals surface area contributed by atoms with Crippen molar-refractivity contribution in [3.63, 3.8) is 0 Å². The number of carbonyl (C=O) groups is 2. The van der Waals surface area contributed by atoms with Crippen LogP contribution >= 0.6 is 35.0 Å². The normalized spacial score (nSPS) is 16.6. The molecule has 1 aliphatic heterocycles. The lowest BCUT2D eigenvalue weighted by Gasteiger charge is -2.09. The Morgan fingerprint density at radius 3 is 2.38 bits per heavy atom. The Morgan fingerprint density at radius 1 is 1.17 bits per heavy atom. The molecule has 0 saturated carbocycles. The lowest BCUT2D eigenvalue weighted by Crippen LogP contribution is -2.14. The van der Waals surface area contributed by atoms with E-state index in [9.17, 15) is 14.7 Å². The number of aliphatic imine (C=N–C) groups is 1. The highest BCUT2D eigenvalue weighted by atomic mass is 35.5. The van der Waals surface area contributed by atoms with E-state index < -0.39 is 5.97 Å². The topological polar surface area (TPSA) is 85.2 Å². The minimum Gasteiger partial charge on any atom is -0.506 e. The van der Waals surface area contributed by atoms with E-state index in [1.165, 1.54) is 0 Å². The molecule has 1 amide bonds. The standard InChI is InChI=1S/C20H21Cl2NO5S/c1-4-7-15(24)23-19-16(20(26)28-6-3)17(25)14(29-19)10-11-8-12(21)18(27-5-2)13(22)9-11/h8-10,25H,4-7H2,1-3H3/b14-10-,23-19?. The number of ether oxygens (including phenoxy) is 2. The van der Waals surface area contributed by atoms with Gasteiger partial charge in [0.1, 0.15) is 16.4 Å². The predicted octanol–water partition coefficient (Wildman–Crippen LogP) is 5.58. The van der Waals surface area contributed by atoms with Crippen molar-refractivity contribution in [1.29, 1.82) is 0 Å². The molecule has 6 nitrogen and oxygen atoms in total. The van der Waals surface area contributed by atoms with Gasteiger partial charge in [-0.25, -0.2) is 9.79 Å². The van der Waals surface area contributed by atoms with Crippen molar-refractivity contribution in [3.05, 3.63) is 44.0 Å². The van der Waals surface area contributed by atoms with Gasteiger partial charge in [-0.15, -0.1) is 0 Å². The van der Waals surface area contributed by atoms with Gasteiger partial charge in [-0.3, -0.25) is 4.79 Å². The second-order valence-electron chi connectivity index (χ2n) is 5.86. The molecule has 2 rings (SSSR count). The minimum atomic E-state index is -0.744. The summed E-state index contributed by atoms with van der Waals surface area (Å²) in [5.74, 6) is -1.06. The Hall–Kier alpha value is -1.96. The van der Waals surface area contributed by atoms with E-state index in [1.807, 2.05) is 13.8 Å². The van der Waals surface area contributed by atoms with E-state index in [1.54, 1.807) is 25.1 Å². The van der Waals surface area contributed by atoms with Crippen LogP contribution in [0.15, 0.2) is 33.4 Å². The number of aliphatic hydroxyl groups excluding tert-OH is 1. The van der Waals surface area contributed by atoms with E-state index >= 15 is 0 Å². The molecule has 1 aromatic rings. The zero-order valence-corrected chi connectivity index (χ0v) is 18.6. The van der Waals surface area contributed by atoms with E-state index in [0.29, 0.717) is 39.3 Å². The van der Waals surface area contributed by atoms with Crippen LogP contribution in [0.2, 0.25) is 10.0 Å². The quantitative estimate of drug-likeness (QED) is 0.537. The fraction of sp³-hybridized carbons (Fsp3) is 0.350. The third-order valence-corrected chi connectivity index (χ3v) is 5.25. The Bertz CT molecular complexity index is 885. The average Bonchev–Trinajstić information content (AvgIpc) is 2.93. The number of esters is 1. The second kappa shape index (κ2) is 10.7. The van der Waals surface area contributed by atoms with Crippen molar-refractivity contribution in [2.75, 3.05) is 13.2 Å². The molecule has 1 N–H and O–H groups in total. The van der Waals surface area contributed by atoms with Gasteiger partial charge in [0.2, 0.25) is 5.91 Å². The number of rotatable bonds is 7. The number of hydrogen-bond donors (Lipinski definition) is 1. The van der Waals surface area contributed by atoms with E-state index in [0.717, 1.165) is 11.8 Å². The van der Waals surface area contributed by atoms with Crippen molar-refractivity contribution < 1.29 is 24.2 Å². The van der Waals surface area contributed by atoms with Crippen LogP contribution in [0.4, 0.5) is 0 Å². The monoisotopic (exact) mass is 457 g/mol. The molecule has 0 radical (unpaired) electrons. The smallest absolute Gasteiger partial charge is 0.344 e. The van der Waals surface area contributed by atoms with Gasteiger partial charge in [0.05, 0.1) is 28.2 Å². The van der Waals surface area contributed by atoms with Gasteiger partial charge in [-0.05, 0) is 44.0 Å². The summed E-state index contributed by atoms with van der Waals surface area (Å²) in [5.41, 5.74) is 0.456. The SMILES string of the molecule is CCCC(=O)N=C1S/C(=C\c2cc(Cl)c(OCC)c(Cl)c2)C(O)=C1C(=O)OCC. The molecule has 0 atom stereocenters. The summed E-state index contributed by atoms with van der Waals surface area (Å²) in [7, 11) is 0. The molecule has 0 aromatic heterocycles. The third kappa shape index (κ3) is 5.78. The maximum absolute atomic E-state index is 12.3. The molecule has 0 saturated heterocycles. The average molecular weight is 458 g/mol. The fourth-order valence-electron chi connectivity index (χ4n) is 2.47. The highest BCUT2D eigenvalue weighted by Gasteiger charge is 2.33. The first kappa shape index (κ1) is 23.3. The molecule has 1 aliphatic rings. The van der Waals surface area contributed by atoms with Crippen molar-refractivity contribution in [3.8, 4) is 5.75 Å². The first-order valence-corrected chi connectivity index (χ1v) is 10.6. The molecular weight excluding hydrogens is 437 g/mol. The molecule has 1 heterocycles. The molecule has 0 bridgehead atoms. The number of halogens is 2. The first-order chi connectivity index (χ1) is 13.8. The van der Waals surface area contributed by atoms with Crippen LogP contribution < -0.4 is 4.74 Å². The van der Waals surface area contributed by atoms with E-state index in [2.05, 4.69) is 4.99 Å². The molecule has 0 fully saturated rings. The van der Waals surface area contributed by atoms with Crippen LogP contribution in [0.5, 0.6) is 5.75 Å². The number of carbonyl (C=O) groups excluding carboxylic acids is 2. The fourth-order valence-corrected chi connectivity index (χ4v) is 4.12. The number of hydrogen-bond acceptors (Lipinski definition) is 6. The third-order valence-electron chi connectivity index (χ3n) is 3.67. The van der Waals surface area contributed by atoms with Crippen LogP contribution in [0.1, 0.15) is 39.2 Å². The summed E-state index contributed by atoms with van der Waals surface area (Å²) in [6.07, 6.45) is 2.46. The van der Waals surface area contributed by atoms with Gasteiger partial charge in [0.15, 0.2) is 5.75 Å². The predicted molar refractivity (Wildman–Crippen MR) is 117 cm³/mol. The zero-order valence-electron chi connectivity index (χ0n) is 16.3. The maximum Gasteiger partial charge on any atom is 0.344 e. The van der Waals surface area contributed by atoms with Crippen LogP contribution in [-0.2, 0) is 14.3 Å². The lowest BCUT2D eigenvalue weighted by atomic mass is 10.1. The van der Waals surface area contributed by atoms with Gasteiger partial charge in [-0.2, -0.15) is 0 Å². The van der Waals surface area contributed by atoms with E-state index in [-0.39, 0.29) is 35.3 Å². The summed E-state index contributed by atoms with van der Waals surface area (Å²) in [6.45, 7) is 5.85. The summed E-state index contributed by atoms with van der Waals surface area (Å²) < 4.78 is 10.4. The van der Waals surface area contributed by atoms with Crippen molar-refractivity contribution in [2.45, 2.75) is 33.6 Å². The summed E-state index contributed by atoms with van der Waals surface area (Å²) in [5, 5.41) is 11.3. The summed E-state index contributed by atoms with van der Waals surface area (Å²) >= 11 is 13.5. The Kier molecular flexibility index (Phi) is 8.61. The van der Waals surface area contributed by atoms with Crippen molar-refractivity contribution in [2.24, 2.45) is 4.99 Å². The van der Waals surface area contributed by atoms with Crippen molar-refractivity contribution >= 4 is 58.0 Å². The van der Waals surface area contributed by atoms with Gasteiger partial charge < -0.3 is 14.6 Å². The number of amides is 1. The minimum absolute atomic E-state index is 0.105. The maximum atomic E-state index is 12.3. The molecular formula is C20H21Cl2NO5S. The highest BCUT2D eigenvalue weighted by Crippen LogP contribution is 2.41. The number of benzene rings is 1. The van der Waals surface area contributed by atoms with Gasteiger partial charge in [-0.1, -0.05) is 41.9 Å². The van der Waals surface area contributed by atoms with Crippen LogP contribution in [0.3, 0.4) is 0 Å². The van der Waals surface area contributed by atoms with Crippen LogP contribution in [0.25, 0.3) is 6.08 Å².